The lowest BCUT2D eigenvalue weighted by Crippen LogP contribution is -2.48. The molecule has 0 spiro atoms. The SMILES string of the molecule is C.ClCCl.[C-]#[N+]c1ccc(C[C@@H](C(=O)NCC(=O)c2ccc(O[Si](C)(C)C(C)(C)C)c(Cl)c2)[C@@H](C)O[Si](C)(C)C(C)(C)C)c(C)c1Cl.[C-]#[N+]c1ccc(C[C@@H](c2nnc(-c3ccc(O)c(Cl)c3)o2)[C@@H](C)O[Si](C)(C)C(C)(C)C)c(C)c1Cl. The Labute approximate surface area is 522 Å². The van der Waals surface area contributed by atoms with Crippen LogP contribution in [0.25, 0.3) is 21.1 Å². The van der Waals surface area contributed by atoms with Crippen molar-refractivity contribution >= 4 is 118 Å². The predicted octanol–water partition coefficient (Wildman–Crippen LogP) is 20.2. The zero-order valence-corrected chi connectivity index (χ0v) is 57.9. The largest absolute Gasteiger partial charge is 0.543 e. The van der Waals surface area contributed by atoms with Crippen LogP contribution in [0.1, 0.15) is 128 Å². The first-order valence-electron chi connectivity index (χ1n) is 26.6. The van der Waals surface area contributed by atoms with Crippen molar-refractivity contribution in [3.05, 3.63) is 137 Å². The molecule has 0 saturated heterocycles. The average Bonchev–Trinajstić information content (AvgIpc) is 4.02. The number of nitrogens with zero attached hydrogens (tertiary/aromatic N) is 4. The quantitative estimate of drug-likeness (QED) is 0.0379. The topological polar surface area (TPSA) is 142 Å². The highest BCUT2D eigenvalue weighted by molar-refractivity contribution is 6.75. The maximum atomic E-state index is 13.7. The van der Waals surface area contributed by atoms with Gasteiger partial charge in [0, 0.05) is 11.1 Å². The second kappa shape index (κ2) is 30.4. The normalized spacial score (nSPS) is 13.5. The van der Waals surface area contributed by atoms with Crippen LogP contribution in [0.2, 0.25) is 74.5 Å². The molecule has 0 saturated carbocycles. The van der Waals surface area contributed by atoms with Crippen LogP contribution in [0, 0.1) is 32.9 Å². The molecule has 0 aliphatic rings. The van der Waals surface area contributed by atoms with Gasteiger partial charge < -0.3 is 28.1 Å². The Bertz CT molecular complexity index is 3080. The third-order valence-electron chi connectivity index (χ3n) is 15.9. The van der Waals surface area contributed by atoms with E-state index in [9.17, 15) is 14.7 Å². The van der Waals surface area contributed by atoms with Crippen molar-refractivity contribution in [1.82, 2.24) is 15.5 Å². The summed E-state index contributed by atoms with van der Waals surface area (Å²) in [4.78, 5) is 33.8. The summed E-state index contributed by atoms with van der Waals surface area (Å²) in [5.41, 5.74) is 5.28. The molecule has 4 aromatic carbocycles. The Balaban J connectivity index is 0.000000537. The van der Waals surface area contributed by atoms with Gasteiger partial charge in [-0.1, -0.05) is 140 Å². The van der Waals surface area contributed by atoms with E-state index in [4.69, 9.17) is 100 Å². The number of Topliss-reactive ketones (excluding diaryl/α,β-unsaturated/α-hetero) is 1. The van der Waals surface area contributed by atoms with Crippen LogP contribution >= 0.6 is 69.6 Å². The molecule has 12 nitrogen and oxygen atoms in total. The maximum Gasteiger partial charge on any atom is 0.250 e. The number of phenols is 1. The molecule has 0 aliphatic heterocycles. The second-order valence-corrected chi connectivity index (χ2v) is 41.4. The molecule has 0 unspecified atom stereocenters. The van der Waals surface area contributed by atoms with Crippen molar-refractivity contribution in [2.24, 2.45) is 5.92 Å². The smallest absolute Gasteiger partial charge is 0.250 e. The van der Waals surface area contributed by atoms with Gasteiger partial charge in [-0.3, -0.25) is 9.59 Å². The molecule has 21 heteroatoms. The van der Waals surface area contributed by atoms with E-state index < -0.39 is 37.0 Å². The van der Waals surface area contributed by atoms with Gasteiger partial charge in [-0.15, -0.1) is 33.4 Å². The summed E-state index contributed by atoms with van der Waals surface area (Å²) >= 11 is 35.1. The summed E-state index contributed by atoms with van der Waals surface area (Å²) < 4.78 is 25.8. The number of hydrogen-bond donors (Lipinski definition) is 2. The number of aromatic nitrogens is 2. The van der Waals surface area contributed by atoms with Crippen LogP contribution in [0.5, 0.6) is 11.5 Å². The number of alkyl halides is 2. The molecule has 0 radical (unpaired) electrons. The lowest BCUT2D eigenvalue weighted by atomic mass is 9.91. The molecule has 1 amide bonds. The number of aromatic hydroxyl groups is 1. The highest BCUT2D eigenvalue weighted by Gasteiger charge is 2.43. The Morgan fingerprint density at radius 1 is 0.683 bits per heavy atom. The van der Waals surface area contributed by atoms with Crippen molar-refractivity contribution in [2.45, 2.75) is 183 Å². The number of amides is 1. The van der Waals surface area contributed by atoms with Crippen molar-refractivity contribution in [3.63, 3.8) is 0 Å². The summed E-state index contributed by atoms with van der Waals surface area (Å²) in [5.74, 6) is -0.0705. The Kier molecular flexibility index (Phi) is 27.5. The van der Waals surface area contributed by atoms with Gasteiger partial charge in [-0.25, -0.2) is 9.69 Å². The van der Waals surface area contributed by atoms with Gasteiger partial charge >= 0.3 is 0 Å². The van der Waals surface area contributed by atoms with Gasteiger partial charge in [0.25, 0.3) is 8.32 Å². The first kappa shape index (κ1) is 74.2. The monoisotopic (exact) mass is 1290 g/mol. The summed E-state index contributed by atoms with van der Waals surface area (Å²) in [6.07, 6.45) is 0.268. The molecule has 5 aromatic rings. The summed E-state index contributed by atoms with van der Waals surface area (Å²) in [7, 11) is -6.41. The highest BCUT2D eigenvalue weighted by Crippen LogP contribution is 2.43. The number of carbonyl (C=O) groups excluding carboxylic acids is 2. The van der Waals surface area contributed by atoms with Crippen LogP contribution < -0.4 is 9.74 Å². The van der Waals surface area contributed by atoms with Crippen LogP contribution in [0.15, 0.2) is 65.1 Å². The van der Waals surface area contributed by atoms with Gasteiger partial charge in [-0.2, -0.15) is 0 Å². The summed E-state index contributed by atoms with van der Waals surface area (Å²) in [6, 6.07) is 17.0. The third kappa shape index (κ3) is 19.5. The fourth-order valence-electron chi connectivity index (χ4n) is 7.61. The minimum absolute atomic E-state index is 0. The van der Waals surface area contributed by atoms with Crippen LogP contribution in [0.3, 0.4) is 0 Å². The van der Waals surface area contributed by atoms with Crippen LogP contribution in [-0.2, 0) is 26.5 Å². The van der Waals surface area contributed by atoms with Crippen molar-refractivity contribution in [1.29, 1.82) is 0 Å². The summed E-state index contributed by atoms with van der Waals surface area (Å²) in [5, 5.41) is 22.8. The minimum atomic E-state index is -2.21. The number of benzene rings is 4. The molecule has 4 atom stereocenters. The van der Waals surface area contributed by atoms with Gasteiger partial charge in [0.2, 0.25) is 29.1 Å². The van der Waals surface area contributed by atoms with E-state index in [2.05, 4.69) is 127 Å². The molecule has 1 heterocycles. The molecule has 5 rings (SSSR count). The molecule has 450 valence electrons. The van der Waals surface area contributed by atoms with E-state index in [1.165, 1.54) is 6.07 Å². The number of halogens is 6. The van der Waals surface area contributed by atoms with E-state index in [1.807, 2.05) is 39.8 Å². The lowest BCUT2D eigenvalue weighted by Gasteiger charge is -2.40. The van der Waals surface area contributed by atoms with E-state index in [0.29, 0.717) is 67.9 Å². The van der Waals surface area contributed by atoms with E-state index in [0.717, 1.165) is 22.3 Å². The first-order valence-corrected chi connectivity index (χ1v) is 37.9. The number of rotatable bonds is 18. The fourth-order valence-corrected chi connectivity index (χ4v) is 12.5. The summed E-state index contributed by atoms with van der Waals surface area (Å²) in [6.45, 7) is 54.7. The lowest BCUT2D eigenvalue weighted by molar-refractivity contribution is -0.127. The van der Waals surface area contributed by atoms with E-state index >= 15 is 0 Å². The zero-order chi connectivity index (χ0) is 62.0. The van der Waals surface area contributed by atoms with E-state index in [1.54, 1.807) is 42.5 Å². The fraction of sp³-hybridized carbons (Fsp3) is 0.508. The van der Waals surface area contributed by atoms with Crippen LogP contribution in [-0.4, -0.2) is 76.0 Å². The maximum absolute atomic E-state index is 13.7. The zero-order valence-electron chi connectivity index (χ0n) is 50.4. The first-order chi connectivity index (χ1) is 37.2. The van der Waals surface area contributed by atoms with Crippen LogP contribution in [0.4, 0.5) is 11.4 Å². The van der Waals surface area contributed by atoms with Gasteiger partial charge in [-0.05, 0) is 154 Å². The molecule has 82 heavy (non-hydrogen) atoms. The molecule has 1 aromatic heterocycles. The Hall–Kier alpha value is -3.95. The second-order valence-electron chi connectivity index (χ2n) is 24.7. The Morgan fingerprint density at radius 3 is 1.61 bits per heavy atom. The van der Waals surface area contributed by atoms with Gasteiger partial charge in [0.1, 0.15) is 11.5 Å². The Morgan fingerprint density at radius 2 is 1.16 bits per heavy atom. The molecular weight excluding hydrogens is 1210 g/mol. The number of hydrogen-bond acceptors (Lipinski definition) is 9. The van der Waals surface area contributed by atoms with E-state index in [-0.39, 0.29) is 68.9 Å². The number of carbonyl (C=O) groups is 2. The number of ketones is 1. The van der Waals surface area contributed by atoms with Crippen molar-refractivity contribution < 1.29 is 32.4 Å². The predicted molar refractivity (Wildman–Crippen MR) is 350 cm³/mol. The van der Waals surface area contributed by atoms with Crippen molar-refractivity contribution in [2.75, 3.05) is 11.9 Å². The highest BCUT2D eigenvalue weighted by atomic mass is 35.5. The molecular formula is C61H85Cl6N5O7Si3. The number of nitrogens with one attached hydrogen (secondary N) is 1. The molecule has 2 N–H and O–H groups in total. The molecule has 0 aliphatic carbocycles. The van der Waals surface area contributed by atoms with Gasteiger partial charge in [0.15, 0.2) is 22.4 Å². The number of phenolic OH excluding ortho intramolecular Hbond substituents is 1. The average molecular weight is 1300 g/mol. The standard InChI is InChI=1S/C33H48Cl2N2O4Si2.C26H31Cl2N3O3Si.CH2Cl2.CH4/c1-21-23(14-16-27(36-9)30(21)35)18-25(22(2)40-42(10,11)32(3,4)5)31(39)37-20-28(38)24-15-17-29(26(34)19-24)41-43(12,13)33(6,7)8;1-15-17(9-11-21(29-6)23(15)28)13-19(16(2)34-35(7,8)26(3,4)5)25-31-30-24(33-25)18-10-12-22(32)20(27)14-18;2-1-3;/h14-17,19,22,25H,18,20H2,1-8,10-13H3,(H,37,39);9-12,14,16,19,32H,13H2,1-5,7-8H3;1H2;1H4/t22-,25-;16-,19-;;/m11../s1. The third-order valence-corrected chi connectivity index (χ3v) is 31.0. The minimum Gasteiger partial charge on any atom is -0.543 e. The van der Waals surface area contributed by atoms with Gasteiger partial charge in [0.05, 0.1) is 69.2 Å². The molecule has 0 fully saturated rings. The van der Waals surface area contributed by atoms with Crippen molar-refractivity contribution in [3.8, 4) is 23.0 Å². The molecule has 0 bridgehead atoms.